The molecule has 0 atom stereocenters. The molecule has 0 amide bonds. The minimum atomic E-state index is -0.238. The van der Waals surface area contributed by atoms with Gasteiger partial charge in [0.05, 0.1) is 11.0 Å². The van der Waals surface area contributed by atoms with Crippen LogP contribution >= 0.6 is 0 Å². The Morgan fingerprint density at radius 1 is 1.15 bits per heavy atom. The Morgan fingerprint density at radius 3 is 2.60 bits per heavy atom. The minimum absolute atomic E-state index is 0.238. The lowest BCUT2D eigenvalue weighted by Crippen LogP contribution is -2.02. The van der Waals surface area contributed by atoms with Gasteiger partial charge in [-0.2, -0.15) is 0 Å². The van der Waals surface area contributed by atoms with Crippen molar-refractivity contribution in [3.8, 4) is 11.4 Å². The fraction of sp³-hybridized carbons (Fsp3) is 0.188. The molecule has 3 nitrogen and oxygen atoms in total. The molecule has 2 aromatic carbocycles. The number of hydrogen-bond acceptors (Lipinski definition) is 2. The van der Waals surface area contributed by atoms with E-state index >= 15 is 0 Å². The van der Waals surface area contributed by atoms with Gasteiger partial charge in [-0.1, -0.05) is 6.07 Å². The minimum Gasteiger partial charge on any atom is -0.330 e. The number of nitrogens with zero attached hydrogens (tertiary/aromatic N) is 2. The van der Waals surface area contributed by atoms with E-state index < -0.39 is 0 Å². The molecule has 0 radical (unpaired) electrons. The number of hydrogen-bond donors (Lipinski definition) is 1. The molecule has 1 aromatic heterocycles. The van der Waals surface area contributed by atoms with Crippen molar-refractivity contribution in [3.05, 3.63) is 53.8 Å². The molecule has 0 unspecified atom stereocenters. The van der Waals surface area contributed by atoms with Gasteiger partial charge in [0.15, 0.2) is 0 Å². The normalized spacial score (nSPS) is 11.2. The summed E-state index contributed by atoms with van der Waals surface area (Å²) < 4.78 is 15.0. The van der Waals surface area contributed by atoms with Crippen LogP contribution in [0.3, 0.4) is 0 Å². The van der Waals surface area contributed by atoms with E-state index in [1.165, 1.54) is 17.7 Å². The summed E-state index contributed by atoms with van der Waals surface area (Å²) >= 11 is 0. The van der Waals surface area contributed by atoms with Crippen LogP contribution in [0.1, 0.15) is 5.56 Å². The van der Waals surface area contributed by atoms with E-state index in [1.54, 1.807) is 12.1 Å². The van der Waals surface area contributed by atoms with E-state index in [0.29, 0.717) is 6.54 Å². The number of aryl methyl sites for hydroxylation is 1. The molecule has 3 rings (SSSR count). The highest BCUT2D eigenvalue weighted by molar-refractivity contribution is 5.81. The van der Waals surface area contributed by atoms with E-state index in [2.05, 4.69) is 17.1 Å². The average molecular weight is 269 g/mol. The number of halogens is 1. The van der Waals surface area contributed by atoms with Crippen molar-refractivity contribution in [2.24, 2.45) is 12.8 Å². The molecule has 0 bridgehead atoms. The van der Waals surface area contributed by atoms with Crippen LogP contribution in [0.2, 0.25) is 0 Å². The number of nitrogens with two attached hydrogens (primary N) is 1. The predicted molar refractivity (Wildman–Crippen MR) is 78.9 cm³/mol. The molecular formula is C16H16FN3. The summed E-state index contributed by atoms with van der Waals surface area (Å²) in [6.07, 6.45) is 0.854. The van der Waals surface area contributed by atoms with E-state index in [4.69, 9.17) is 5.73 Å². The third-order valence-electron chi connectivity index (χ3n) is 3.48. The zero-order valence-electron chi connectivity index (χ0n) is 11.3. The fourth-order valence-electron chi connectivity index (χ4n) is 2.41. The maximum absolute atomic E-state index is 13.0. The first kappa shape index (κ1) is 12.8. The van der Waals surface area contributed by atoms with Crippen molar-refractivity contribution in [3.63, 3.8) is 0 Å². The van der Waals surface area contributed by atoms with Crippen molar-refractivity contribution >= 4 is 11.0 Å². The molecule has 3 aromatic rings. The number of rotatable bonds is 3. The Hall–Kier alpha value is -2.20. The third kappa shape index (κ3) is 2.18. The van der Waals surface area contributed by atoms with E-state index in [0.717, 1.165) is 28.8 Å². The van der Waals surface area contributed by atoms with Gasteiger partial charge in [-0.3, -0.25) is 0 Å². The lowest BCUT2D eigenvalue weighted by atomic mass is 10.1. The van der Waals surface area contributed by atoms with Crippen LogP contribution in [0.5, 0.6) is 0 Å². The summed E-state index contributed by atoms with van der Waals surface area (Å²) in [7, 11) is 1.97. The van der Waals surface area contributed by atoms with Crippen molar-refractivity contribution in [2.45, 2.75) is 6.42 Å². The van der Waals surface area contributed by atoms with E-state index in [-0.39, 0.29) is 5.82 Å². The molecule has 0 fully saturated rings. The molecule has 0 aliphatic carbocycles. The Kier molecular flexibility index (Phi) is 3.24. The summed E-state index contributed by atoms with van der Waals surface area (Å²) in [6.45, 7) is 0.633. The molecular weight excluding hydrogens is 253 g/mol. The van der Waals surface area contributed by atoms with Gasteiger partial charge in [0, 0.05) is 12.6 Å². The molecule has 0 aliphatic rings. The van der Waals surface area contributed by atoms with Gasteiger partial charge in [-0.15, -0.1) is 0 Å². The number of imidazole rings is 1. The van der Waals surface area contributed by atoms with Gasteiger partial charge in [0.25, 0.3) is 0 Å². The van der Waals surface area contributed by atoms with Crippen LogP contribution < -0.4 is 5.73 Å². The first-order valence-corrected chi connectivity index (χ1v) is 6.60. The standard InChI is InChI=1S/C16H16FN3/c1-20-15-10-11(8-9-18)2-7-14(15)19-16(20)12-3-5-13(17)6-4-12/h2-7,10H,8-9,18H2,1H3. The van der Waals surface area contributed by atoms with Gasteiger partial charge >= 0.3 is 0 Å². The topological polar surface area (TPSA) is 43.8 Å². The number of fused-ring (bicyclic) bond motifs is 1. The van der Waals surface area contributed by atoms with Crippen LogP contribution in [-0.2, 0) is 13.5 Å². The average Bonchev–Trinajstić information content (AvgIpc) is 2.78. The van der Waals surface area contributed by atoms with E-state index in [9.17, 15) is 4.39 Å². The fourth-order valence-corrected chi connectivity index (χ4v) is 2.41. The molecule has 0 spiro atoms. The second-order valence-electron chi connectivity index (χ2n) is 4.86. The Bertz CT molecular complexity index is 744. The zero-order chi connectivity index (χ0) is 14.1. The Labute approximate surface area is 116 Å². The molecule has 0 saturated carbocycles. The summed E-state index contributed by atoms with van der Waals surface area (Å²) in [5.74, 6) is 0.600. The van der Waals surface area contributed by atoms with Crippen molar-refractivity contribution in [1.29, 1.82) is 0 Å². The van der Waals surface area contributed by atoms with Crippen LogP contribution in [0.4, 0.5) is 4.39 Å². The molecule has 0 aliphatic heterocycles. The Morgan fingerprint density at radius 2 is 1.90 bits per heavy atom. The monoisotopic (exact) mass is 269 g/mol. The third-order valence-corrected chi connectivity index (χ3v) is 3.48. The van der Waals surface area contributed by atoms with Crippen molar-refractivity contribution in [2.75, 3.05) is 6.54 Å². The van der Waals surface area contributed by atoms with Gasteiger partial charge < -0.3 is 10.3 Å². The van der Waals surface area contributed by atoms with Crippen molar-refractivity contribution in [1.82, 2.24) is 9.55 Å². The molecule has 0 saturated heterocycles. The number of aromatic nitrogens is 2. The summed E-state index contributed by atoms with van der Waals surface area (Å²) in [6, 6.07) is 12.6. The van der Waals surface area contributed by atoms with E-state index in [1.807, 2.05) is 17.7 Å². The molecule has 2 N–H and O–H groups in total. The smallest absolute Gasteiger partial charge is 0.140 e. The number of benzene rings is 2. The summed E-state index contributed by atoms with van der Waals surface area (Å²) in [5.41, 5.74) is 9.71. The molecule has 102 valence electrons. The highest BCUT2D eigenvalue weighted by atomic mass is 19.1. The maximum atomic E-state index is 13.0. The molecule has 1 heterocycles. The zero-order valence-corrected chi connectivity index (χ0v) is 11.3. The molecule has 4 heteroatoms. The Balaban J connectivity index is 2.12. The second kappa shape index (κ2) is 5.06. The van der Waals surface area contributed by atoms with Gasteiger partial charge in [-0.25, -0.2) is 9.37 Å². The molecule has 20 heavy (non-hydrogen) atoms. The summed E-state index contributed by atoms with van der Waals surface area (Å²) in [4.78, 5) is 4.62. The lowest BCUT2D eigenvalue weighted by molar-refractivity contribution is 0.628. The largest absolute Gasteiger partial charge is 0.330 e. The quantitative estimate of drug-likeness (QED) is 0.794. The van der Waals surface area contributed by atoms with Crippen LogP contribution in [0, 0.1) is 5.82 Å². The van der Waals surface area contributed by atoms with Crippen LogP contribution in [0.25, 0.3) is 22.4 Å². The first-order chi connectivity index (χ1) is 9.69. The van der Waals surface area contributed by atoms with Gasteiger partial charge in [0.2, 0.25) is 0 Å². The lowest BCUT2D eigenvalue weighted by Gasteiger charge is -2.03. The predicted octanol–water partition coefficient (Wildman–Crippen LogP) is 2.88. The summed E-state index contributed by atoms with van der Waals surface area (Å²) in [5, 5.41) is 0. The highest BCUT2D eigenvalue weighted by Crippen LogP contribution is 2.24. The second-order valence-corrected chi connectivity index (χ2v) is 4.86. The first-order valence-electron chi connectivity index (χ1n) is 6.60. The van der Waals surface area contributed by atoms with Crippen LogP contribution in [0.15, 0.2) is 42.5 Å². The van der Waals surface area contributed by atoms with Gasteiger partial charge in [-0.05, 0) is 54.9 Å². The van der Waals surface area contributed by atoms with Crippen molar-refractivity contribution < 1.29 is 4.39 Å². The SMILES string of the molecule is Cn1c(-c2ccc(F)cc2)nc2ccc(CCN)cc21. The van der Waals surface area contributed by atoms with Gasteiger partial charge in [0.1, 0.15) is 11.6 Å². The highest BCUT2D eigenvalue weighted by Gasteiger charge is 2.10. The maximum Gasteiger partial charge on any atom is 0.140 e. The van der Waals surface area contributed by atoms with Crippen LogP contribution in [-0.4, -0.2) is 16.1 Å².